The number of hydrogen-bond acceptors (Lipinski definition) is 1. The summed E-state index contributed by atoms with van der Waals surface area (Å²) in [6.45, 7) is 6.09. The van der Waals surface area contributed by atoms with Crippen LogP contribution in [0.4, 0.5) is 4.39 Å². The van der Waals surface area contributed by atoms with Gasteiger partial charge in [-0.05, 0) is 43.4 Å². The average molecular weight is 224 g/mol. The monoisotopic (exact) mass is 224 g/mol. The van der Waals surface area contributed by atoms with Crippen LogP contribution in [-0.2, 0) is 6.42 Å². The quantitative estimate of drug-likeness (QED) is 0.811. The molecule has 0 saturated carbocycles. The van der Waals surface area contributed by atoms with Crippen LogP contribution in [0, 0.1) is 11.7 Å². The molecule has 1 aromatic carbocycles. The second-order valence-corrected chi connectivity index (χ2v) is 5.24. The van der Waals surface area contributed by atoms with Gasteiger partial charge in [0.1, 0.15) is 5.82 Å². The lowest BCUT2D eigenvalue weighted by atomic mass is 9.89. The van der Waals surface area contributed by atoms with E-state index in [1.807, 2.05) is 13.0 Å². The summed E-state index contributed by atoms with van der Waals surface area (Å²) >= 11 is 0. The SMILES string of the molecule is CC(C)CCC(C)(O)Cc1cccc(F)c1. The van der Waals surface area contributed by atoms with Crippen LogP contribution >= 0.6 is 0 Å². The summed E-state index contributed by atoms with van der Waals surface area (Å²) < 4.78 is 13.0. The number of rotatable bonds is 5. The zero-order chi connectivity index (χ0) is 12.2. The molecule has 1 unspecified atom stereocenters. The van der Waals surface area contributed by atoms with Crippen molar-refractivity contribution in [2.45, 2.75) is 45.6 Å². The summed E-state index contributed by atoms with van der Waals surface area (Å²) in [5, 5.41) is 10.2. The highest BCUT2D eigenvalue weighted by molar-refractivity contribution is 5.18. The zero-order valence-corrected chi connectivity index (χ0v) is 10.3. The minimum Gasteiger partial charge on any atom is -0.390 e. The van der Waals surface area contributed by atoms with E-state index < -0.39 is 5.60 Å². The van der Waals surface area contributed by atoms with E-state index >= 15 is 0 Å². The third kappa shape index (κ3) is 4.75. The number of benzene rings is 1. The first-order valence-corrected chi connectivity index (χ1v) is 5.86. The summed E-state index contributed by atoms with van der Waals surface area (Å²) in [6.07, 6.45) is 2.25. The van der Waals surface area contributed by atoms with Crippen molar-refractivity contribution in [1.29, 1.82) is 0 Å². The summed E-state index contributed by atoms with van der Waals surface area (Å²) in [4.78, 5) is 0. The smallest absolute Gasteiger partial charge is 0.123 e. The Kier molecular flexibility index (Phi) is 4.48. The highest BCUT2D eigenvalue weighted by Crippen LogP contribution is 2.21. The standard InChI is InChI=1S/C14H21FO/c1-11(2)7-8-14(3,16)10-12-5-4-6-13(15)9-12/h4-6,9,11,16H,7-8,10H2,1-3H3. The molecule has 1 aromatic rings. The van der Waals surface area contributed by atoms with Crippen LogP contribution in [0.25, 0.3) is 0 Å². The highest BCUT2D eigenvalue weighted by Gasteiger charge is 2.21. The van der Waals surface area contributed by atoms with Crippen molar-refractivity contribution in [3.63, 3.8) is 0 Å². The van der Waals surface area contributed by atoms with Gasteiger partial charge in [0.2, 0.25) is 0 Å². The summed E-state index contributed by atoms with van der Waals surface area (Å²) in [5.41, 5.74) is 0.117. The fourth-order valence-electron chi connectivity index (χ4n) is 1.77. The molecule has 0 amide bonds. The molecule has 0 aliphatic carbocycles. The maximum absolute atomic E-state index is 13.0. The summed E-state index contributed by atoms with van der Waals surface area (Å²) in [7, 11) is 0. The first-order valence-electron chi connectivity index (χ1n) is 5.86. The third-order valence-electron chi connectivity index (χ3n) is 2.73. The van der Waals surface area contributed by atoms with Crippen molar-refractivity contribution in [3.8, 4) is 0 Å². The molecule has 0 heterocycles. The molecule has 0 fully saturated rings. The molecule has 90 valence electrons. The second-order valence-electron chi connectivity index (χ2n) is 5.24. The lowest BCUT2D eigenvalue weighted by Gasteiger charge is -2.24. The highest BCUT2D eigenvalue weighted by atomic mass is 19.1. The van der Waals surface area contributed by atoms with Crippen molar-refractivity contribution in [1.82, 2.24) is 0 Å². The minimum atomic E-state index is -0.738. The van der Waals surface area contributed by atoms with Crippen molar-refractivity contribution in [2.24, 2.45) is 5.92 Å². The van der Waals surface area contributed by atoms with Gasteiger partial charge in [0, 0.05) is 6.42 Å². The second kappa shape index (κ2) is 5.44. The number of hydrogen-bond donors (Lipinski definition) is 1. The normalized spacial score (nSPS) is 15.1. The largest absolute Gasteiger partial charge is 0.390 e. The summed E-state index contributed by atoms with van der Waals surface area (Å²) in [5.74, 6) is 0.344. The molecule has 0 bridgehead atoms. The Balaban J connectivity index is 2.58. The Hall–Kier alpha value is -0.890. The van der Waals surface area contributed by atoms with Crippen LogP contribution in [0.2, 0.25) is 0 Å². The average Bonchev–Trinajstić information content (AvgIpc) is 2.14. The number of halogens is 1. The van der Waals surface area contributed by atoms with Gasteiger partial charge in [-0.2, -0.15) is 0 Å². The minimum absolute atomic E-state index is 0.239. The molecule has 0 aromatic heterocycles. The first-order chi connectivity index (χ1) is 7.39. The maximum Gasteiger partial charge on any atom is 0.123 e. The van der Waals surface area contributed by atoms with Gasteiger partial charge < -0.3 is 5.11 Å². The summed E-state index contributed by atoms with van der Waals surface area (Å²) in [6, 6.07) is 6.45. The Bertz CT molecular complexity index is 331. The van der Waals surface area contributed by atoms with Crippen LogP contribution in [0.1, 0.15) is 39.2 Å². The molecule has 1 atom stereocenters. The van der Waals surface area contributed by atoms with Crippen molar-refractivity contribution in [2.75, 3.05) is 0 Å². The van der Waals surface area contributed by atoms with E-state index in [0.29, 0.717) is 12.3 Å². The van der Waals surface area contributed by atoms with Crippen LogP contribution in [0.5, 0.6) is 0 Å². The Morgan fingerprint density at radius 2 is 2.06 bits per heavy atom. The van der Waals surface area contributed by atoms with Gasteiger partial charge in [0.15, 0.2) is 0 Å². The van der Waals surface area contributed by atoms with Gasteiger partial charge in [0.25, 0.3) is 0 Å². The van der Waals surface area contributed by atoms with Gasteiger partial charge in [-0.3, -0.25) is 0 Å². The van der Waals surface area contributed by atoms with Crippen molar-refractivity contribution < 1.29 is 9.50 Å². The van der Waals surface area contributed by atoms with E-state index in [0.717, 1.165) is 18.4 Å². The predicted molar refractivity (Wildman–Crippen MR) is 64.8 cm³/mol. The molecule has 0 spiro atoms. The van der Waals surface area contributed by atoms with Gasteiger partial charge in [0.05, 0.1) is 5.60 Å². The van der Waals surface area contributed by atoms with Crippen LogP contribution in [0.15, 0.2) is 24.3 Å². The Morgan fingerprint density at radius 3 is 2.62 bits per heavy atom. The van der Waals surface area contributed by atoms with Crippen LogP contribution in [0.3, 0.4) is 0 Å². The topological polar surface area (TPSA) is 20.2 Å². The maximum atomic E-state index is 13.0. The molecule has 0 aliphatic rings. The number of aliphatic hydroxyl groups is 1. The van der Waals surface area contributed by atoms with E-state index in [-0.39, 0.29) is 5.82 Å². The molecule has 1 N–H and O–H groups in total. The Labute approximate surface area is 97.3 Å². The molecule has 2 heteroatoms. The van der Waals surface area contributed by atoms with Gasteiger partial charge in [-0.1, -0.05) is 26.0 Å². The van der Waals surface area contributed by atoms with E-state index in [1.54, 1.807) is 6.07 Å². The van der Waals surface area contributed by atoms with Crippen LogP contribution in [-0.4, -0.2) is 10.7 Å². The molecule has 0 saturated heterocycles. The zero-order valence-electron chi connectivity index (χ0n) is 10.3. The Morgan fingerprint density at radius 1 is 1.38 bits per heavy atom. The molecule has 1 rings (SSSR count). The molecule has 0 aliphatic heterocycles. The van der Waals surface area contributed by atoms with E-state index in [4.69, 9.17) is 0 Å². The molecule has 16 heavy (non-hydrogen) atoms. The predicted octanol–water partition coefficient (Wildman–Crippen LogP) is 3.56. The molecule has 1 nitrogen and oxygen atoms in total. The van der Waals surface area contributed by atoms with Crippen molar-refractivity contribution in [3.05, 3.63) is 35.6 Å². The van der Waals surface area contributed by atoms with E-state index in [1.165, 1.54) is 12.1 Å². The van der Waals surface area contributed by atoms with E-state index in [9.17, 15) is 9.50 Å². The molecule has 0 radical (unpaired) electrons. The first kappa shape index (κ1) is 13.2. The fourth-order valence-corrected chi connectivity index (χ4v) is 1.77. The van der Waals surface area contributed by atoms with Gasteiger partial charge in [-0.25, -0.2) is 4.39 Å². The van der Waals surface area contributed by atoms with Crippen molar-refractivity contribution >= 4 is 0 Å². The fraction of sp³-hybridized carbons (Fsp3) is 0.571. The lowest BCUT2D eigenvalue weighted by molar-refractivity contribution is 0.0457. The van der Waals surface area contributed by atoms with Gasteiger partial charge in [-0.15, -0.1) is 0 Å². The van der Waals surface area contributed by atoms with E-state index in [2.05, 4.69) is 13.8 Å². The lowest BCUT2D eigenvalue weighted by Crippen LogP contribution is -2.27. The van der Waals surface area contributed by atoms with Crippen LogP contribution < -0.4 is 0 Å². The third-order valence-corrected chi connectivity index (χ3v) is 2.73. The molecular formula is C14H21FO. The molecular weight excluding hydrogens is 203 g/mol. The van der Waals surface area contributed by atoms with Gasteiger partial charge >= 0.3 is 0 Å².